The van der Waals surface area contributed by atoms with E-state index in [-0.39, 0.29) is 17.3 Å². The molecule has 0 saturated carbocycles. The molecular weight excluding hydrogens is 295 g/mol. The molecule has 0 atom stereocenters. The normalized spacial score (nSPS) is 11.8. The van der Waals surface area contributed by atoms with Crippen molar-refractivity contribution in [3.05, 3.63) is 47.0 Å². The van der Waals surface area contributed by atoms with Gasteiger partial charge in [-0.25, -0.2) is 17.5 Å². The number of benzene rings is 1. The van der Waals surface area contributed by atoms with Crippen molar-refractivity contribution >= 4 is 10.0 Å². The first kappa shape index (κ1) is 15.6. The Hall–Kier alpha value is -1.77. The molecule has 0 aliphatic heterocycles. The summed E-state index contributed by atoms with van der Waals surface area (Å²) in [5.74, 6) is -0.358. The monoisotopic (exact) mass is 312 g/mol. The van der Waals surface area contributed by atoms with Crippen molar-refractivity contribution in [3.63, 3.8) is 0 Å². The van der Waals surface area contributed by atoms with Crippen LogP contribution in [-0.2, 0) is 23.1 Å². The first-order chi connectivity index (χ1) is 9.94. The maximum Gasteiger partial charge on any atom is 0.244 e. The van der Waals surface area contributed by atoms with Gasteiger partial charge >= 0.3 is 0 Å². The summed E-state index contributed by atoms with van der Waals surface area (Å²) in [5, 5.41) is 9.53. The number of hydrogen-bond acceptors (Lipinski definition) is 4. The van der Waals surface area contributed by atoms with Gasteiger partial charge in [0, 0.05) is 13.1 Å². The molecule has 8 heteroatoms. The van der Waals surface area contributed by atoms with Crippen molar-refractivity contribution in [3.8, 4) is 0 Å². The third-order valence-electron chi connectivity index (χ3n) is 2.95. The van der Waals surface area contributed by atoms with Crippen LogP contribution in [0.1, 0.15) is 17.0 Å². The van der Waals surface area contributed by atoms with Crippen LogP contribution in [0.2, 0.25) is 0 Å². The van der Waals surface area contributed by atoms with Crippen molar-refractivity contribution in [2.75, 3.05) is 7.05 Å². The summed E-state index contributed by atoms with van der Waals surface area (Å²) in [6.45, 7) is 2.09. The molecule has 1 heterocycles. The lowest BCUT2D eigenvalue weighted by atomic mass is 10.2. The van der Waals surface area contributed by atoms with Gasteiger partial charge in [0.25, 0.3) is 0 Å². The Bertz CT molecular complexity index is 710. The summed E-state index contributed by atoms with van der Waals surface area (Å²) in [4.78, 5) is 0.152. The van der Waals surface area contributed by atoms with Crippen molar-refractivity contribution in [1.29, 1.82) is 0 Å². The van der Waals surface area contributed by atoms with E-state index >= 15 is 0 Å². The zero-order chi connectivity index (χ0) is 15.5. The van der Waals surface area contributed by atoms with Gasteiger partial charge in [-0.1, -0.05) is 12.1 Å². The molecule has 3 N–H and O–H groups in total. The summed E-state index contributed by atoms with van der Waals surface area (Å²) in [6, 6.07) is 5.65. The van der Waals surface area contributed by atoms with Crippen LogP contribution < -0.4 is 10.0 Å². The summed E-state index contributed by atoms with van der Waals surface area (Å²) in [7, 11) is -1.97. The van der Waals surface area contributed by atoms with Gasteiger partial charge in [-0.3, -0.25) is 5.10 Å². The average molecular weight is 312 g/mol. The second-order valence-corrected chi connectivity index (χ2v) is 6.31. The van der Waals surface area contributed by atoms with E-state index in [1.807, 2.05) is 0 Å². The minimum Gasteiger partial charge on any atom is -0.314 e. The smallest absolute Gasteiger partial charge is 0.244 e. The highest BCUT2D eigenvalue weighted by atomic mass is 32.2. The number of rotatable bonds is 6. The molecule has 114 valence electrons. The van der Waals surface area contributed by atoms with E-state index in [1.165, 1.54) is 24.3 Å². The Morgan fingerprint density at radius 2 is 1.90 bits per heavy atom. The van der Waals surface area contributed by atoms with Gasteiger partial charge in [0.05, 0.1) is 11.4 Å². The second-order valence-electron chi connectivity index (χ2n) is 4.61. The van der Waals surface area contributed by atoms with Crippen LogP contribution in [0.4, 0.5) is 4.39 Å². The van der Waals surface area contributed by atoms with E-state index < -0.39 is 10.0 Å². The van der Waals surface area contributed by atoms with Crippen molar-refractivity contribution in [1.82, 2.24) is 20.2 Å². The number of H-pyrrole nitrogens is 1. The number of aromatic nitrogens is 2. The molecule has 21 heavy (non-hydrogen) atoms. The van der Waals surface area contributed by atoms with Gasteiger partial charge < -0.3 is 5.32 Å². The van der Waals surface area contributed by atoms with Gasteiger partial charge in [0.15, 0.2) is 0 Å². The lowest BCUT2D eigenvalue weighted by Gasteiger charge is -2.08. The van der Waals surface area contributed by atoms with E-state index in [0.29, 0.717) is 23.5 Å². The molecule has 2 rings (SSSR count). The first-order valence-electron chi connectivity index (χ1n) is 6.36. The Morgan fingerprint density at radius 3 is 2.52 bits per heavy atom. The fourth-order valence-corrected chi connectivity index (χ4v) is 3.34. The predicted molar refractivity (Wildman–Crippen MR) is 76.5 cm³/mol. The fraction of sp³-hybridized carbons (Fsp3) is 0.308. The predicted octanol–water partition coefficient (Wildman–Crippen LogP) is 1.06. The number of nitrogens with one attached hydrogen (secondary N) is 3. The Morgan fingerprint density at radius 1 is 1.24 bits per heavy atom. The number of halogens is 1. The third kappa shape index (κ3) is 3.66. The van der Waals surface area contributed by atoms with Crippen molar-refractivity contribution in [2.24, 2.45) is 0 Å². The molecule has 2 aromatic rings. The second kappa shape index (κ2) is 6.33. The highest BCUT2D eigenvalue weighted by Crippen LogP contribution is 2.17. The number of sulfonamides is 1. The molecule has 1 aromatic heterocycles. The molecule has 0 saturated heterocycles. The van der Waals surface area contributed by atoms with E-state index in [9.17, 15) is 12.8 Å². The molecule has 0 bridgehead atoms. The van der Waals surface area contributed by atoms with E-state index in [1.54, 1.807) is 14.0 Å². The number of hydrogen-bond donors (Lipinski definition) is 3. The van der Waals surface area contributed by atoms with Gasteiger partial charge in [-0.15, -0.1) is 0 Å². The van der Waals surface area contributed by atoms with Crippen LogP contribution >= 0.6 is 0 Å². The Balaban J connectivity index is 2.18. The van der Waals surface area contributed by atoms with E-state index in [4.69, 9.17) is 0 Å². The first-order valence-corrected chi connectivity index (χ1v) is 7.85. The molecule has 0 amide bonds. The summed E-state index contributed by atoms with van der Waals surface area (Å²) in [6.07, 6.45) is 0. The van der Waals surface area contributed by atoms with Gasteiger partial charge in [-0.05, 0) is 31.7 Å². The minimum absolute atomic E-state index is 0.0895. The topological polar surface area (TPSA) is 86.9 Å². The zero-order valence-corrected chi connectivity index (χ0v) is 12.6. The van der Waals surface area contributed by atoms with Crippen molar-refractivity contribution < 1.29 is 12.8 Å². The largest absolute Gasteiger partial charge is 0.314 e. The molecule has 0 aliphatic rings. The molecule has 0 radical (unpaired) electrons. The van der Waals surface area contributed by atoms with E-state index in [2.05, 4.69) is 20.2 Å². The standard InChI is InChI=1S/C13H17FN4O2S/c1-9-13(12(8-15-2)18-17-9)21(19,20)16-7-10-3-5-11(14)6-4-10/h3-6,15-16H,7-8H2,1-2H3,(H,17,18). The van der Waals surface area contributed by atoms with Crippen molar-refractivity contribution in [2.45, 2.75) is 24.9 Å². The Kier molecular flexibility index (Phi) is 4.71. The average Bonchev–Trinajstić information content (AvgIpc) is 2.80. The van der Waals surface area contributed by atoms with Gasteiger partial charge in [-0.2, -0.15) is 5.10 Å². The zero-order valence-electron chi connectivity index (χ0n) is 11.8. The minimum atomic E-state index is -3.69. The van der Waals surface area contributed by atoms with Crippen LogP contribution in [0.15, 0.2) is 29.2 Å². The molecule has 0 unspecified atom stereocenters. The summed E-state index contributed by atoms with van der Waals surface area (Å²) in [5.41, 5.74) is 1.59. The number of aryl methyl sites for hydroxylation is 1. The Labute approximate surface area is 122 Å². The SMILES string of the molecule is CNCc1n[nH]c(C)c1S(=O)(=O)NCc1ccc(F)cc1. The summed E-state index contributed by atoms with van der Waals surface area (Å²) >= 11 is 0. The van der Waals surface area contributed by atoms with Crippen LogP contribution in [0.3, 0.4) is 0 Å². The lowest BCUT2D eigenvalue weighted by molar-refractivity contribution is 0.578. The number of aromatic amines is 1. The maximum absolute atomic E-state index is 12.8. The third-order valence-corrected chi connectivity index (χ3v) is 4.56. The molecule has 0 spiro atoms. The molecule has 6 nitrogen and oxygen atoms in total. The van der Waals surface area contributed by atoms with Crippen LogP contribution in [0.25, 0.3) is 0 Å². The lowest BCUT2D eigenvalue weighted by Crippen LogP contribution is -2.25. The number of nitrogens with zero attached hydrogens (tertiary/aromatic N) is 1. The van der Waals surface area contributed by atoms with Crippen LogP contribution in [0, 0.1) is 12.7 Å². The highest BCUT2D eigenvalue weighted by molar-refractivity contribution is 7.89. The summed E-state index contributed by atoms with van der Waals surface area (Å²) < 4.78 is 40.1. The maximum atomic E-state index is 12.8. The van der Waals surface area contributed by atoms with Gasteiger partial charge in [0.1, 0.15) is 10.7 Å². The molecule has 0 fully saturated rings. The quantitative estimate of drug-likeness (QED) is 0.744. The fourth-order valence-electron chi connectivity index (χ4n) is 1.97. The highest BCUT2D eigenvalue weighted by Gasteiger charge is 2.23. The molecule has 1 aromatic carbocycles. The molecule has 0 aliphatic carbocycles. The molecular formula is C13H17FN4O2S. The van der Waals surface area contributed by atoms with Crippen LogP contribution in [0.5, 0.6) is 0 Å². The van der Waals surface area contributed by atoms with Gasteiger partial charge in [0.2, 0.25) is 10.0 Å². The van der Waals surface area contributed by atoms with Crippen LogP contribution in [-0.4, -0.2) is 25.7 Å². The van der Waals surface area contributed by atoms with E-state index in [0.717, 1.165) is 0 Å².